The Hall–Kier alpha value is -2.66. The number of amides is 1. The minimum Gasteiger partial charge on any atom is -0.493 e. The number of carbonyl (C=O) groups excluding carboxylic acids is 1. The Balaban J connectivity index is 1.38. The summed E-state index contributed by atoms with van der Waals surface area (Å²) in [5.41, 5.74) is 3.19. The van der Waals surface area contributed by atoms with Crippen LogP contribution in [0, 0.1) is 21.8 Å². The van der Waals surface area contributed by atoms with E-state index in [9.17, 15) is 4.79 Å². The third kappa shape index (κ3) is 5.22. The van der Waals surface area contributed by atoms with Crippen molar-refractivity contribution in [2.24, 2.45) is 16.0 Å². The van der Waals surface area contributed by atoms with Crippen LogP contribution in [-0.2, 0) is 11.4 Å². The van der Waals surface area contributed by atoms with E-state index in [1.165, 1.54) is 41.6 Å². The van der Waals surface area contributed by atoms with Crippen LogP contribution in [0.3, 0.4) is 0 Å². The molecule has 2 aromatic carbocycles. The summed E-state index contributed by atoms with van der Waals surface area (Å²) in [4.78, 5) is 17.1. The fraction of sp³-hybridized carbons (Fsp3) is 0.333. The number of carbonyl (C=O) groups is 1. The van der Waals surface area contributed by atoms with Gasteiger partial charge in [-0.15, -0.1) is 0 Å². The van der Waals surface area contributed by atoms with Crippen molar-refractivity contribution < 1.29 is 14.3 Å². The normalized spacial score (nSPS) is 19.3. The number of nitrogens with zero attached hydrogens (tertiary/aromatic N) is 3. The van der Waals surface area contributed by atoms with Gasteiger partial charge in [-0.2, -0.15) is 15.1 Å². The maximum absolute atomic E-state index is 12.9. The van der Waals surface area contributed by atoms with Crippen LogP contribution in [0.2, 0.25) is 0 Å². The average Bonchev–Trinajstić information content (AvgIpc) is 3.30. The van der Waals surface area contributed by atoms with E-state index in [0.717, 1.165) is 32.6 Å². The van der Waals surface area contributed by atoms with Crippen LogP contribution in [0.1, 0.15) is 48.8 Å². The summed E-state index contributed by atoms with van der Waals surface area (Å²) >= 11 is 3.64. The summed E-state index contributed by atoms with van der Waals surface area (Å²) in [7, 11) is 1.59. The number of nitrogens with one attached hydrogen (secondary N) is 1. The van der Waals surface area contributed by atoms with Crippen molar-refractivity contribution in [1.29, 1.82) is 5.41 Å². The Bertz CT molecular complexity index is 1310. The number of ether oxygens (including phenoxy) is 2. The molecule has 2 heterocycles. The summed E-state index contributed by atoms with van der Waals surface area (Å²) in [6.07, 6.45) is 7.55. The van der Waals surface area contributed by atoms with Crippen molar-refractivity contribution in [3.8, 4) is 11.5 Å². The van der Waals surface area contributed by atoms with Gasteiger partial charge in [0, 0.05) is 5.92 Å². The fourth-order valence-corrected chi connectivity index (χ4v) is 6.45. The van der Waals surface area contributed by atoms with Gasteiger partial charge in [-0.05, 0) is 83.5 Å². The molecule has 186 valence electrons. The van der Waals surface area contributed by atoms with Gasteiger partial charge in [-0.25, -0.2) is 0 Å². The van der Waals surface area contributed by atoms with Gasteiger partial charge in [-0.1, -0.05) is 49.1 Å². The van der Waals surface area contributed by atoms with Crippen LogP contribution in [-0.4, -0.2) is 34.1 Å². The van der Waals surface area contributed by atoms with E-state index in [1.54, 1.807) is 13.2 Å². The number of methoxy groups -OCH3 is 1. The molecule has 9 heteroatoms. The zero-order valence-corrected chi connectivity index (χ0v) is 23.2. The van der Waals surface area contributed by atoms with Crippen LogP contribution in [0.15, 0.2) is 52.1 Å². The number of thioether (sulfide) groups is 1. The molecule has 5 rings (SSSR count). The molecule has 0 atom stereocenters. The van der Waals surface area contributed by atoms with Gasteiger partial charge in [0.05, 0.1) is 16.3 Å². The van der Waals surface area contributed by atoms with Crippen molar-refractivity contribution in [1.82, 2.24) is 5.01 Å². The molecule has 0 aromatic heterocycles. The number of rotatable bonds is 6. The largest absolute Gasteiger partial charge is 0.493 e. The van der Waals surface area contributed by atoms with Crippen molar-refractivity contribution in [2.75, 3.05) is 7.11 Å². The first-order valence-electron chi connectivity index (χ1n) is 12.0. The number of aryl methyl sites for hydroxylation is 1. The monoisotopic (exact) mass is 614 g/mol. The highest BCUT2D eigenvalue weighted by atomic mass is 127. The Labute approximate surface area is 228 Å². The number of hydrazone groups is 1. The van der Waals surface area contributed by atoms with Gasteiger partial charge < -0.3 is 9.47 Å². The number of hydrogen-bond donors (Lipinski definition) is 1. The first-order valence-corrected chi connectivity index (χ1v) is 13.9. The molecule has 0 radical (unpaired) electrons. The number of amidine groups is 2. The number of halogens is 1. The number of aliphatic imine (C=N–C) groups is 1. The predicted molar refractivity (Wildman–Crippen MR) is 153 cm³/mol. The Morgan fingerprint density at radius 3 is 2.78 bits per heavy atom. The van der Waals surface area contributed by atoms with Gasteiger partial charge in [0.1, 0.15) is 11.7 Å². The summed E-state index contributed by atoms with van der Waals surface area (Å²) in [5, 5.41) is 16.3. The van der Waals surface area contributed by atoms with Crippen LogP contribution in [0.5, 0.6) is 11.5 Å². The molecular weight excluding hydrogens is 587 g/mol. The topological polar surface area (TPSA) is 87.3 Å². The maximum Gasteiger partial charge on any atom is 0.283 e. The van der Waals surface area contributed by atoms with E-state index < -0.39 is 5.91 Å². The maximum atomic E-state index is 12.9. The lowest BCUT2D eigenvalue weighted by atomic mass is 9.90. The van der Waals surface area contributed by atoms with Crippen LogP contribution < -0.4 is 9.47 Å². The van der Waals surface area contributed by atoms with Gasteiger partial charge in [0.25, 0.3) is 5.91 Å². The molecule has 36 heavy (non-hydrogen) atoms. The predicted octanol–water partition coefficient (Wildman–Crippen LogP) is 6.39. The van der Waals surface area contributed by atoms with Crippen molar-refractivity contribution in [3.63, 3.8) is 0 Å². The fourth-order valence-electron chi connectivity index (χ4n) is 4.61. The molecule has 0 unspecified atom stereocenters. The highest BCUT2D eigenvalue weighted by molar-refractivity contribution is 14.1. The SMILES string of the molecule is COc1cc(/C=C2/C(=N)N3N=C(C4CCCCC4)SC3=NC2=O)cc(I)c1OCc1cccc(C)c1. The van der Waals surface area contributed by atoms with Crippen molar-refractivity contribution in [3.05, 3.63) is 62.2 Å². The molecule has 1 aliphatic carbocycles. The van der Waals surface area contributed by atoms with E-state index in [-0.39, 0.29) is 11.4 Å². The minimum absolute atomic E-state index is 0.0528. The molecule has 0 saturated heterocycles. The summed E-state index contributed by atoms with van der Waals surface area (Å²) in [6.45, 7) is 2.47. The van der Waals surface area contributed by atoms with Crippen LogP contribution in [0.4, 0.5) is 0 Å². The Morgan fingerprint density at radius 1 is 1.22 bits per heavy atom. The number of fused-ring (bicyclic) bond motifs is 1. The molecule has 2 aliphatic heterocycles. The molecule has 1 fully saturated rings. The lowest BCUT2D eigenvalue weighted by molar-refractivity contribution is -0.114. The van der Waals surface area contributed by atoms with E-state index in [0.29, 0.717) is 29.2 Å². The molecule has 7 nitrogen and oxygen atoms in total. The van der Waals surface area contributed by atoms with Crippen LogP contribution in [0.25, 0.3) is 6.08 Å². The van der Waals surface area contributed by atoms with Gasteiger partial charge >= 0.3 is 0 Å². The van der Waals surface area contributed by atoms with E-state index in [4.69, 9.17) is 14.9 Å². The molecule has 1 N–H and O–H groups in total. The zero-order valence-electron chi connectivity index (χ0n) is 20.2. The van der Waals surface area contributed by atoms with Crippen molar-refractivity contribution in [2.45, 2.75) is 45.6 Å². The standard InChI is InChI=1S/C27H27IN4O3S/c1-16-7-6-8-17(11-16)15-35-23-21(28)13-18(14-22(23)34-2)12-20-24(29)32-27(30-25(20)33)36-26(31-32)19-9-4-3-5-10-19/h6-8,11-14,19,29H,3-5,9-10,15H2,1-2H3/b20-12-,29-24?. The molecule has 0 bridgehead atoms. The highest BCUT2D eigenvalue weighted by Gasteiger charge is 2.38. The van der Waals surface area contributed by atoms with E-state index >= 15 is 0 Å². The summed E-state index contributed by atoms with van der Waals surface area (Å²) in [6, 6.07) is 11.9. The van der Waals surface area contributed by atoms with E-state index in [1.807, 2.05) is 24.3 Å². The molecule has 2 aromatic rings. The second-order valence-electron chi connectivity index (χ2n) is 9.11. The second kappa shape index (κ2) is 10.8. The first-order chi connectivity index (χ1) is 17.4. The molecule has 1 saturated carbocycles. The number of benzene rings is 2. The lowest BCUT2D eigenvalue weighted by Gasteiger charge is -2.20. The van der Waals surface area contributed by atoms with Crippen molar-refractivity contribution >= 4 is 62.4 Å². The Morgan fingerprint density at radius 2 is 2.03 bits per heavy atom. The average molecular weight is 615 g/mol. The number of hydrogen-bond acceptors (Lipinski definition) is 6. The van der Waals surface area contributed by atoms with Gasteiger partial charge in [-0.3, -0.25) is 10.2 Å². The van der Waals surface area contributed by atoms with E-state index in [2.05, 4.69) is 51.7 Å². The van der Waals surface area contributed by atoms with Gasteiger partial charge in [0.15, 0.2) is 17.3 Å². The molecule has 1 amide bonds. The highest BCUT2D eigenvalue weighted by Crippen LogP contribution is 2.38. The Kier molecular flexibility index (Phi) is 7.47. The van der Waals surface area contributed by atoms with Gasteiger partial charge in [0.2, 0.25) is 5.17 Å². The third-order valence-electron chi connectivity index (χ3n) is 6.45. The molecular formula is C27H27IN4O3S. The third-order valence-corrected chi connectivity index (χ3v) is 8.33. The second-order valence-corrected chi connectivity index (χ2v) is 11.3. The zero-order chi connectivity index (χ0) is 25.2. The smallest absolute Gasteiger partial charge is 0.283 e. The molecule has 3 aliphatic rings. The first kappa shape index (κ1) is 25.0. The summed E-state index contributed by atoms with van der Waals surface area (Å²) in [5.74, 6) is 1.23. The molecule has 0 spiro atoms. The minimum atomic E-state index is -0.424. The summed E-state index contributed by atoms with van der Waals surface area (Å²) < 4.78 is 12.6. The van der Waals surface area contributed by atoms with Crippen LogP contribution >= 0.6 is 34.4 Å². The lowest BCUT2D eigenvalue weighted by Crippen LogP contribution is -2.35. The quantitative estimate of drug-likeness (QED) is 0.301.